The number of carbonyl (C=O) groups is 7. The maximum Gasteiger partial charge on any atom is 0.268 e. The third kappa shape index (κ3) is 29.0. The molecule has 0 radical (unpaired) electrons. The Morgan fingerprint density at radius 2 is 0.798 bits per heavy atom. The Bertz CT molecular complexity index is 4610. The topological polar surface area (TPSA) is 303 Å². The second-order valence-electron chi connectivity index (χ2n) is 25.4. The first kappa shape index (κ1) is 90.4. The van der Waals surface area contributed by atoms with Crippen LogP contribution < -0.4 is 16.4 Å². The van der Waals surface area contributed by atoms with Gasteiger partial charge in [0.2, 0.25) is 11.6 Å². The predicted octanol–water partition coefficient (Wildman–Crippen LogP) is 16.1. The minimum atomic E-state index is -2.07. The second-order valence-corrected chi connectivity index (χ2v) is 32.1. The minimum Gasteiger partial charge on any atom is -0.394 e. The fourth-order valence-corrected chi connectivity index (χ4v) is 12.3. The lowest BCUT2D eigenvalue weighted by atomic mass is 10.0. The molecule has 0 aliphatic carbocycles. The van der Waals surface area contributed by atoms with E-state index in [1.165, 1.54) is 36.8 Å². The van der Waals surface area contributed by atoms with Gasteiger partial charge in [0.1, 0.15) is 16.2 Å². The van der Waals surface area contributed by atoms with Crippen molar-refractivity contribution in [2.75, 3.05) is 62.1 Å². The van der Waals surface area contributed by atoms with Crippen LogP contribution in [0.2, 0.25) is 15.1 Å². The van der Waals surface area contributed by atoms with Crippen LogP contribution in [-0.4, -0.2) is 160 Å². The van der Waals surface area contributed by atoms with Crippen LogP contribution in [0.3, 0.4) is 0 Å². The lowest BCUT2D eigenvalue weighted by molar-refractivity contribution is 0.0904. The second kappa shape index (κ2) is 44.0. The molecule has 4 atom stereocenters. The van der Waals surface area contributed by atoms with Gasteiger partial charge >= 0.3 is 0 Å². The molecule has 2 amide bonds. The molecule has 109 heavy (non-hydrogen) atoms. The zero-order valence-corrected chi connectivity index (χ0v) is 68.3. The van der Waals surface area contributed by atoms with E-state index < -0.39 is 47.9 Å². The number of Topliss-reactive ketones (excluding diaryl/α,β-unsaturated/α-hetero) is 5. The molecule has 10 rings (SSSR count). The van der Waals surface area contributed by atoms with E-state index in [1.807, 2.05) is 190 Å². The SMILES string of the molecule is CN(C)Cc1ccc(C(Br)C(=O)c2c[nH]c(C(=O)NC(CO)c3ccccc3)c2)cc1Cl.CN(C)Cc1ccc(CC(=O)c2c[nH]c(C(=O)C(Cl)(Cl)Cl)c2)cc1Cl.CN(C)Cc1ccc(CC(=O)c2c[nH]c(C(=O)NC(CO)c3ccccc3)c2)cc1Cl.NC(CO)c1ccccc1.O=C(c1ccc[nH]1)C(Cl)(Cl)Cl. The summed E-state index contributed by atoms with van der Waals surface area (Å²) in [7, 11) is 11.8. The van der Waals surface area contributed by atoms with Gasteiger partial charge in [-0.2, -0.15) is 0 Å². The zero-order chi connectivity index (χ0) is 80.3. The van der Waals surface area contributed by atoms with E-state index in [9.17, 15) is 43.8 Å². The molecule has 6 aromatic carbocycles. The summed E-state index contributed by atoms with van der Waals surface area (Å²) >= 11 is 55.2. The summed E-state index contributed by atoms with van der Waals surface area (Å²) in [6.07, 6.45) is 6.38. The highest BCUT2D eigenvalue weighted by Crippen LogP contribution is 2.34. The van der Waals surface area contributed by atoms with Crippen molar-refractivity contribution in [3.8, 4) is 0 Å². The largest absolute Gasteiger partial charge is 0.394 e. The Labute approximate surface area is 685 Å². The van der Waals surface area contributed by atoms with Gasteiger partial charge in [0.25, 0.3) is 19.4 Å². The van der Waals surface area contributed by atoms with Crippen LogP contribution >= 0.6 is 120 Å². The van der Waals surface area contributed by atoms with E-state index in [0.29, 0.717) is 50.5 Å². The number of ketones is 5. The van der Waals surface area contributed by atoms with Crippen LogP contribution in [0.5, 0.6) is 0 Å². The van der Waals surface area contributed by atoms with Gasteiger partial charge in [-0.3, -0.25) is 33.6 Å². The van der Waals surface area contributed by atoms with Gasteiger partial charge in [0, 0.05) is 89.0 Å². The normalized spacial score (nSPS) is 12.3. The molecule has 578 valence electrons. The molecule has 4 heterocycles. The molecule has 10 aromatic rings. The average molecular weight is 1730 g/mol. The van der Waals surface area contributed by atoms with Crippen molar-refractivity contribution >= 4 is 161 Å². The van der Waals surface area contributed by atoms with Gasteiger partial charge in [-0.25, -0.2) is 0 Å². The summed E-state index contributed by atoms with van der Waals surface area (Å²) in [6.45, 7) is 1.68. The van der Waals surface area contributed by atoms with E-state index in [4.69, 9.17) is 115 Å². The number of aromatic nitrogens is 4. The van der Waals surface area contributed by atoms with E-state index >= 15 is 0 Å². The summed E-state index contributed by atoms with van der Waals surface area (Å²) in [4.78, 5) is 103. The van der Waals surface area contributed by atoms with Crippen LogP contribution in [0, 0.1) is 0 Å². The molecule has 11 N–H and O–H groups in total. The monoisotopic (exact) mass is 1720 g/mol. The van der Waals surface area contributed by atoms with E-state index in [-0.39, 0.29) is 73.1 Å². The fraction of sp³-hybridized carbons (Fsp3) is 0.253. The highest BCUT2D eigenvalue weighted by atomic mass is 79.9. The number of nitrogens with zero attached hydrogens (tertiary/aromatic N) is 3. The lowest BCUT2D eigenvalue weighted by Crippen LogP contribution is -2.31. The van der Waals surface area contributed by atoms with Gasteiger partial charge in [0.05, 0.1) is 49.3 Å². The smallest absolute Gasteiger partial charge is 0.268 e. The summed E-state index contributed by atoms with van der Waals surface area (Å²) in [5.74, 6) is -2.55. The van der Waals surface area contributed by atoms with Gasteiger partial charge in [0.15, 0.2) is 17.3 Å². The van der Waals surface area contributed by atoms with Crippen LogP contribution in [0.4, 0.5) is 0 Å². The first-order valence-corrected chi connectivity index (χ1v) is 37.7. The Kier molecular flexibility index (Phi) is 36.5. The number of alkyl halides is 7. The fourth-order valence-electron chi connectivity index (χ4n) is 10.3. The minimum absolute atomic E-state index is 0.00398. The van der Waals surface area contributed by atoms with Crippen molar-refractivity contribution in [1.82, 2.24) is 45.3 Å². The Morgan fingerprint density at radius 1 is 0.431 bits per heavy atom. The molecule has 0 saturated carbocycles. The number of hydrogen-bond donors (Lipinski definition) is 10. The van der Waals surface area contributed by atoms with E-state index in [0.717, 1.165) is 56.6 Å². The number of nitrogens with two attached hydrogens (primary N) is 1. The van der Waals surface area contributed by atoms with Gasteiger partial charge in [-0.1, -0.05) is 248 Å². The molecule has 4 unspecified atom stereocenters. The molecule has 0 saturated heterocycles. The van der Waals surface area contributed by atoms with E-state index in [2.05, 4.69) is 46.5 Å². The molecule has 0 spiro atoms. The van der Waals surface area contributed by atoms with Gasteiger partial charge in [-0.15, -0.1) is 0 Å². The maximum atomic E-state index is 13.0. The summed E-state index contributed by atoms with van der Waals surface area (Å²) in [5.41, 5.74) is 15.4. The number of hydrogen-bond acceptors (Lipinski definition) is 14. The van der Waals surface area contributed by atoms with Crippen molar-refractivity contribution in [3.63, 3.8) is 0 Å². The molecule has 0 aliphatic rings. The number of carbonyl (C=O) groups excluding carboxylic acids is 7. The van der Waals surface area contributed by atoms with Crippen LogP contribution in [0.1, 0.15) is 146 Å². The van der Waals surface area contributed by atoms with Gasteiger partial charge in [-0.05, 0) is 141 Å². The molecule has 0 aliphatic heterocycles. The van der Waals surface area contributed by atoms with Gasteiger partial charge < -0.3 is 66.3 Å². The highest BCUT2D eigenvalue weighted by Gasteiger charge is 2.34. The van der Waals surface area contributed by atoms with Crippen molar-refractivity contribution in [2.24, 2.45) is 5.73 Å². The summed E-state index contributed by atoms with van der Waals surface area (Å²) in [6, 6.07) is 51.0. The molecular formula is C79H82BrCl9N10O10. The predicted molar refractivity (Wildman–Crippen MR) is 439 cm³/mol. The standard InChI is InChI=1S/C24H25BrClN3O3.C24H26ClN3O3.C17H16Cl4N2O2.C8H11NO.C6H4Cl3NO/c1-29(2)13-17-9-8-16(10-19(17)26)22(25)23(31)18-11-20(27-12-18)24(32)28-21(14-30)15-6-4-3-5-7-15;1-28(2)14-18-9-8-16(10-20(18)25)11-23(30)19-12-21(26-13-19)24(31)27-22(15-29)17-6-4-3-5-7-17;1-23(2)9-11-4-3-10(5-13(11)18)6-15(24)12-7-14(22-8-12)16(25)17(19,20)21;9-8(6-10)7-4-2-1-3-5-7;7-6(8,9)5(11)4-2-1-3-10-4/h3-12,21-22,27,30H,13-14H2,1-2H3,(H,28,32);3-10,12-13,22,26,29H,11,14-15H2,1-2H3,(H,27,31);3-5,7-8,22H,6,9H2,1-2H3;1-5,8,10H,6,9H2;1-3,10H. The average Bonchev–Trinajstić information content (AvgIpc) is 1.69. The maximum absolute atomic E-state index is 13.0. The number of rotatable bonds is 27. The quantitative estimate of drug-likeness (QED) is 0.0169. The number of aliphatic hydroxyl groups is 3. The number of nitrogens with one attached hydrogen (secondary N) is 6. The molecular weight excluding hydrogens is 1650 g/mol. The van der Waals surface area contributed by atoms with Crippen LogP contribution in [-0.2, 0) is 32.5 Å². The molecule has 0 bridgehead atoms. The number of benzene rings is 6. The van der Waals surface area contributed by atoms with Crippen molar-refractivity contribution in [3.05, 3.63) is 305 Å². The lowest BCUT2D eigenvalue weighted by Gasteiger charge is -2.16. The van der Waals surface area contributed by atoms with Crippen molar-refractivity contribution < 1.29 is 48.9 Å². The first-order chi connectivity index (χ1) is 51.6. The third-order valence-corrected chi connectivity index (χ3v) is 18.9. The molecule has 4 aromatic heterocycles. The number of amides is 2. The Balaban J connectivity index is 0.000000226. The van der Waals surface area contributed by atoms with E-state index in [1.54, 1.807) is 30.5 Å². The molecule has 20 nitrogen and oxygen atoms in total. The van der Waals surface area contributed by atoms with Crippen LogP contribution in [0.15, 0.2) is 201 Å². The van der Waals surface area contributed by atoms with Crippen molar-refractivity contribution in [1.29, 1.82) is 0 Å². The third-order valence-electron chi connectivity index (χ3n) is 15.9. The summed E-state index contributed by atoms with van der Waals surface area (Å²) in [5, 5.41) is 35.3. The zero-order valence-electron chi connectivity index (χ0n) is 59.9. The first-order valence-electron chi connectivity index (χ1n) is 33.4. The number of halogens is 10. The Hall–Kier alpha value is -7.46. The van der Waals surface area contributed by atoms with Crippen LogP contribution in [0.25, 0.3) is 0 Å². The Morgan fingerprint density at radius 3 is 1.17 bits per heavy atom. The molecule has 30 heteroatoms. The number of aromatic amines is 4. The summed E-state index contributed by atoms with van der Waals surface area (Å²) < 4.78 is -3.94. The van der Waals surface area contributed by atoms with Crippen molar-refractivity contribution in [2.45, 2.75) is 63.0 Å². The highest BCUT2D eigenvalue weighted by molar-refractivity contribution is 9.09. The number of aliphatic hydroxyl groups excluding tert-OH is 3. The molecule has 0 fully saturated rings. The number of H-pyrrole nitrogens is 4.